The molecule has 0 aromatic heterocycles. The summed E-state index contributed by atoms with van der Waals surface area (Å²) in [5, 5.41) is 9.35. The molecule has 0 radical (unpaired) electrons. The van der Waals surface area contributed by atoms with Gasteiger partial charge in [-0.25, -0.2) is 4.79 Å². The van der Waals surface area contributed by atoms with Crippen molar-refractivity contribution in [2.75, 3.05) is 13.7 Å². The summed E-state index contributed by atoms with van der Waals surface area (Å²) in [6.45, 7) is 5.87. The Balaban J connectivity index is 2.16. The van der Waals surface area contributed by atoms with Crippen LogP contribution in [0.15, 0.2) is 0 Å². The fraction of sp³-hybridized carbons (Fsp3) is 0.800. The average Bonchev–Trinajstić information content (AvgIpc) is 2.77. The molecule has 1 saturated carbocycles. The van der Waals surface area contributed by atoms with E-state index in [2.05, 4.69) is 0 Å². The molecular formula is C15H23NO6. The van der Waals surface area contributed by atoms with E-state index in [-0.39, 0.29) is 6.42 Å². The predicted molar refractivity (Wildman–Crippen MR) is 76.2 cm³/mol. The molecule has 1 aliphatic carbocycles. The summed E-state index contributed by atoms with van der Waals surface area (Å²) in [7, 11) is 1.25. The lowest BCUT2D eigenvalue weighted by Gasteiger charge is -2.50. The van der Waals surface area contributed by atoms with Gasteiger partial charge in [-0.1, -0.05) is 0 Å². The fourth-order valence-corrected chi connectivity index (χ4v) is 3.41. The van der Waals surface area contributed by atoms with Crippen molar-refractivity contribution in [1.29, 1.82) is 0 Å². The number of carbonyl (C=O) groups is 3. The van der Waals surface area contributed by atoms with E-state index in [0.717, 1.165) is 0 Å². The topological polar surface area (TPSA) is 93.1 Å². The number of ether oxygens (including phenoxy) is 2. The van der Waals surface area contributed by atoms with Gasteiger partial charge in [-0.15, -0.1) is 0 Å². The molecule has 1 saturated heterocycles. The minimum Gasteiger partial charge on any atom is -0.481 e. The van der Waals surface area contributed by atoms with E-state index >= 15 is 0 Å². The Morgan fingerprint density at radius 1 is 1.18 bits per heavy atom. The number of esters is 1. The molecule has 124 valence electrons. The highest BCUT2D eigenvalue weighted by Crippen LogP contribution is 2.50. The molecule has 0 aromatic carbocycles. The first-order chi connectivity index (χ1) is 10.1. The van der Waals surface area contributed by atoms with Gasteiger partial charge in [0, 0.05) is 12.1 Å². The van der Waals surface area contributed by atoms with Crippen molar-refractivity contribution >= 4 is 18.0 Å². The van der Waals surface area contributed by atoms with E-state index in [1.807, 2.05) is 0 Å². The monoisotopic (exact) mass is 313 g/mol. The van der Waals surface area contributed by atoms with E-state index in [9.17, 15) is 19.5 Å². The quantitative estimate of drug-likeness (QED) is 0.779. The molecule has 22 heavy (non-hydrogen) atoms. The summed E-state index contributed by atoms with van der Waals surface area (Å²) in [6.07, 6.45) is 0.814. The van der Waals surface area contributed by atoms with Gasteiger partial charge in [0.1, 0.15) is 5.60 Å². The van der Waals surface area contributed by atoms with Crippen molar-refractivity contribution in [2.45, 2.75) is 51.2 Å². The summed E-state index contributed by atoms with van der Waals surface area (Å²) < 4.78 is 10.1. The lowest BCUT2D eigenvalue weighted by atomic mass is 9.82. The second-order valence-electron chi connectivity index (χ2n) is 7.09. The Morgan fingerprint density at radius 3 is 2.18 bits per heavy atom. The predicted octanol–water partition coefficient (Wildman–Crippen LogP) is 1.65. The van der Waals surface area contributed by atoms with Gasteiger partial charge < -0.3 is 19.5 Å². The SMILES string of the molecule is COC(=O)C1CC2(CCN2C(=O)OC(C)(C)C)CC1C(=O)O. The van der Waals surface area contributed by atoms with E-state index in [4.69, 9.17) is 9.47 Å². The van der Waals surface area contributed by atoms with Gasteiger partial charge >= 0.3 is 18.0 Å². The number of carboxylic acid groups (broad SMARTS) is 1. The van der Waals surface area contributed by atoms with Gasteiger partial charge in [-0.3, -0.25) is 9.59 Å². The number of carbonyl (C=O) groups excluding carboxylic acids is 2. The molecule has 1 N–H and O–H groups in total. The molecule has 1 amide bonds. The maximum absolute atomic E-state index is 12.3. The summed E-state index contributed by atoms with van der Waals surface area (Å²) in [5.41, 5.74) is -1.20. The first kappa shape index (κ1) is 16.6. The van der Waals surface area contributed by atoms with Gasteiger partial charge in [-0.2, -0.15) is 0 Å². The third-order valence-corrected chi connectivity index (χ3v) is 4.49. The van der Waals surface area contributed by atoms with Crippen molar-refractivity contribution in [3.8, 4) is 0 Å². The van der Waals surface area contributed by atoms with Crippen LogP contribution in [0.4, 0.5) is 4.79 Å². The molecule has 2 fully saturated rings. The highest BCUT2D eigenvalue weighted by Gasteiger charge is 2.59. The molecule has 0 aromatic rings. The second-order valence-corrected chi connectivity index (χ2v) is 7.09. The highest BCUT2D eigenvalue weighted by atomic mass is 16.6. The van der Waals surface area contributed by atoms with Crippen LogP contribution in [0.3, 0.4) is 0 Å². The summed E-state index contributed by atoms with van der Waals surface area (Å²) in [4.78, 5) is 37.1. The smallest absolute Gasteiger partial charge is 0.410 e. The van der Waals surface area contributed by atoms with Gasteiger partial charge in [0.25, 0.3) is 0 Å². The largest absolute Gasteiger partial charge is 0.481 e. The molecule has 3 atom stereocenters. The number of aliphatic carboxylic acids is 1. The Kier molecular flexibility index (Phi) is 4.10. The van der Waals surface area contributed by atoms with Crippen molar-refractivity contribution in [3.05, 3.63) is 0 Å². The van der Waals surface area contributed by atoms with Gasteiger partial charge in [0.2, 0.25) is 0 Å². The highest BCUT2D eigenvalue weighted by molar-refractivity contribution is 5.83. The van der Waals surface area contributed by atoms with E-state index in [1.54, 1.807) is 25.7 Å². The minimum atomic E-state index is -1.02. The molecule has 2 aliphatic rings. The number of methoxy groups -OCH3 is 1. The Labute approximate surface area is 129 Å². The number of hydrogen-bond donors (Lipinski definition) is 1. The van der Waals surface area contributed by atoms with Crippen LogP contribution < -0.4 is 0 Å². The number of rotatable bonds is 2. The Hall–Kier alpha value is -1.79. The lowest BCUT2D eigenvalue weighted by molar-refractivity contribution is -0.154. The van der Waals surface area contributed by atoms with E-state index < -0.39 is 41.0 Å². The van der Waals surface area contributed by atoms with Crippen LogP contribution in [0.25, 0.3) is 0 Å². The third kappa shape index (κ3) is 2.89. The van der Waals surface area contributed by atoms with Crippen LogP contribution in [-0.4, -0.2) is 52.8 Å². The molecule has 7 nitrogen and oxygen atoms in total. The van der Waals surface area contributed by atoms with Crippen molar-refractivity contribution in [3.63, 3.8) is 0 Å². The second kappa shape index (κ2) is 5.44. The molecule has 7 heteroatoms. The average molecular weight is 313 g/mol. The summed E-state index contributed by atoms with van der Waals surface area (Å²) >= 11 is 0. The number of amides is 1. The molecule has 1 heterocycles. The summed E-state index contributed by atoms with van der Waals surface area (Å²) in [6, 6.07) is 0. The fourth-order valence-electron chi connectivity index (χ4n) is 3.41. The Morgan fingerprint density at radius 2 is 1.77 bits per heavy atom. The zero-order chi connectivity index (χ0) is 16.7. The van der Waals surface area contributed by atoms with Crippen molar-refractivity contribution in [2.24, 2.45) is 11.8 Å². The first-order valence-electron chi connectivity index (χ1n) is 7.41. The van der Waals surface area contributed by atoms with Gasteiger partial charge in [0.15, 0.2) is 0 Å². The first-order valence-corrected chi connectivity index (χ1v) is 7.41. The maximum Gasteiger partial charge on any atom is 0.410 e. The third-order valence-electron chi connectivity index (χ3n) is 4.49. The summed E-state index contributed by atoms with van der Waals surface area (Å²) in [5.74, 6) is -3.09. The van der Waals surface area contributed by atoms with Crippen molar-refractivity contribution < 1.29 is 29.0 Å². The zero-order valence-electron chi connectivity index (χ0n) is 13.4. The normalized spacial score (nSPS) is 30.8. The van der Waals surface area contributed by atoms with E-state index in [1.165, 1.54) is 7.11 Å². The Bertz CT molecular complexity index is 497. The van der Waals surface area contributed by atoms with Crippen LogP contribution in [-0.2, 0) is 19.1 Å². The zero-order valence-corrected chi connectivity index (χ0v) is 13.4. The standard InChI is InChI=1S/C15H23NO6/c1-14(2,3)22-13(20)16-6-5-15(16)7-9(11(17)18)10(8-15)12(19)21-4/h9-10H,5-8H2,1-4H3,(H,17,18). The minimum absolute atomic E-state index is 0.265. The molecular weight excluding hydrogens is 290 g/mol. The molecule has 3 unspecified atom stereocenters. The van der Waals surface area contributed by atoms with Gasteiger partial charge in [-0.05, 0) is 40.0 Å². The number of likely N-dealkylation sites (tertiary alicyclic amines) is 1. The van der Waals surface area contributed by atoms with Crippen LogP contribution >= 0.6 is 0 Å². The number of nitrogens with zero attached hydrogens (tertiary/aromatic N) is 1. The lowest BCUT2D eigenvalue weighted by Crippen LogP contribution is -2.61. The van der Waals surface area contributed by atoms with E-state index in [0.29, 0.717) is 19.4 Å². The van der Waals surface area contributed by atoms with Gasteiger partial charge in [0.05, 0.1) is 18.9 Å². The molecule has 1 aliphatic heterocycles. The number of hydrogen-bond acceptors (Lipinski definition) is 5. The number of carboxylic acids is 1. The maximum atomic E-state index is 12.3. The molecule has 2 rings (SSSR count). The van der Waals surface area contributed by atoms with Crippen LogP contribution in [0.2, 0.25) is 0 Å². The molecule has 0 bridgehead atoms. The van der Waals surface area contributed by atoms with Crippen LogP contribution in [0.5, 0.6) is 0 Å². The van der Waals surface area contributed by atoms with Crippen LogP contribution in [0, 0.1) is 11.8 Å². The van der Waals surface area contributed by atoms with Crippen molar-refractivity contribution in [1.82, 2.24) is 4.90 Å². The molecule has 1 spiro atoms. The van der Waals surface area contributed by atoms with Crippen LogP contribution in [0.1, 0.15) is 40.0 Å².